The Kier molecular flexibility index (Phi) is 5.47. The number of carbonyl (C=O) groups is 2. The fraction of sp³-hybridized carbons (Fsp3) is 0.176. The molecule has 0 heterocycles. The van der Waals surface area contributed by atoms with E-state index in [1.807, 2.05) is 0 Å². The third-order valence-corrected chi connectivity index (χ3v) is 3.45. The van der Waals surface area contributed by atoms with Crippen molar-refractivity contribution in [2.75, 3.05) is 7.11 Å². The van der Waals surface area contributed by atoms with Gasteiger partial charge in [0.25, 0.3) is 5.91 Å². The highest BCUT2D eigenvalue weighted by molar-refractivity contribution is 5.97. The number of benzene rings is 2. The molecule has 7 heteroatoms. The van der Waals surface area contributed by atoms with Crippen LogP contribution >= 0.6 is 0 Å². The molecule has 0 saturated carbocycles. The average Bonchev–Trinajstić information content (AvgIpc) is 2.56. The topological polar surface area (TPSA) is 81.4 Å². The van der Waals surface area contributed by atoms with Gasteiger partial charge in [0.15, 0.2) is 11.6 Å². The molecule has 1 atom stereocenters. The third kappa shape index (κ3) is 4.07. The lowest BCUT2D eigenvalue weighted by Crippen LogP contribution is -2.45. The largest absolute Gasteiger partial charge is 0.496 e. The Balaban J connectivity index is 2.17. The summed E-state index contributed by atoms with van der Waals surface area (Å²) in [5, 5.41) is 2.42. The van der Waals surface area contributed by atoms with Gasteiger partial charge in [-0.15, -0.1) is 0 Å². The van der Waals surface area contributed by atoms with Gasteiger partial charge in [0.05, 0.1) is 7.11 Å². The van der Waals surface area contributed by atoms with E-state index in [4.69, 9.17) is 10.5 Å². The van der Waals surface area contributed by atoms with Crippen molar-refractivity contribution < 1.29 is 23.1 Å². The molecule has 2 rings (SSSR count). The number of carbonyl (C=O) groups excluding carboxylic acids is 2. The number of amides is 2. The normalized spacial score (nSPS) is 11.6. The molecule has 24 heavy (non-hydrogen) atoms. The van der Waals surface area contributed by atoms with Gasteiger partial charge in [-0.25, -0.2) is 8.78 Å². The van der Waals surface area contributed by atoms with Gasteiger partial charge in [0, 0.05) is 12.0 Å². The molecule has 0 unspecified atom stereocenters. The first-order valence-corrected chi connectivity index (χ1v) is 7.09. The summed E-state index contributed by atoms with van der Waals surface area (Å²) in [6.07, 6.45) is 0.106. The SMILES string of the molecule is COc1ccccc1C[C@H](NC(=O)c1ccc(F)c(F)c1)C(N)=O. The van der Waals surface area contributed by atoms with E-state index < -0.39 is 29.5 Å². The Morgan fingerprint density at radius 3 is 2.50 bits per heavy atom. The van der Waals surface area contributed by atoms with Crippen molar-refractivity contribution in [1.29, 1.82) is 0 Å². The van der Waals surface area contributed by atoms with Crippen LogP contribution in [0.1, 0.15) is 15.9 Å². The van der Waals surface area contributed by atoms with Crippen molar-refractivity contribution in [3.8, 4) is 5.75 Å². The minimum Gasteiger partial charge on any atom is -0.496 e. The lowest BCUT2D eigenvalue weighted by atomic mass is 10.0. The quantitative estimate of drug-likeness (QED) is 0.845. The zero-order chi connectivity index (χ0) is 17.7. The van der Waals surface area contributed by atoms with E-state index in [2.05, 4.69) is 5.32 Å². The Bertz CT molecular complexity index is 765. The number of nitrogens with one attached hydrogen (secondary N) is 1. The number of rotatable bonds is 6. The standard InChI is InChI=1S/C17H16F2N2O3/c1-24-15-5-3-2-4-10(15)9-14(16(20)22)21-17(23)11-6-7-12(18)13(19)8-11/h2-8,14H,9H2,1H3,(H2,20,22)(H,21,23)/t14-/m0/s1. The summed E-state index contributed by atoms with van der Waals surface area (Å²) in [7, 11) is 1.48. The summed E-state index contributed by atoms with van der Waals surface area (Å²) in [5.74, 6) is -3.15. The molecule has 0 bridgehead atoms. The lowest BCUT2D eigenvalue weighted by molar-refractivity contribution is -0.119. The second-order valence-electron chi connectivity index (χ2n) is 5.07. The third-order valence-electron chi connectivity index (χ3n) is 3.45. The molecule has 3 N–H and O–H groups in total. The van der Waals surface area contributed by atoms with Crippen LogP contribution in [-0.2, 0) is 11.2 Å². The average molecular weight is 334 g/mol. The van der Waals surface area contributed by atoms with Crippen LogP contribution in [0.4, 0.5) is 8.78 Å². The van der Waals surface area contributed by atoms with E-state index in [1.165, 1.54) is 7.11 Å². The van der Waals surface area contributed by atoms with Crippen molar-refractivity contribution >= 4 is 11.8 Å². The first-order chi connectivity index (χ1) is 11.4. The number of halogens is 2. The molecule has 0 saturated heterocycles. The van der Waals surface area contributed by atoms with Gasteiger partial charge < -0.3 is 15.8 Å². The molecular weight excluding hydrogens is 318 g/mol. The van der Waals surface area contributed by atoms with E-state index >= 15 is 0 Å². The molecule has 2 aromatic carbocycles. The molecular formula is C17H16F2N2O3. The van der Waals surface area contributed by atoms with Crippen LogP contribution in [0.5, 0.6) is 5.75 Å². The van der Waals surface area contributed by atoms with Gasteiger partial charge in [-0.2, -0.15) is 0 Å². The molecule has 0 spiro atoms. The maximum absolute atomic E-state index is 13.2. The molecule has 126 valence electrons. The van der Waals surface area contributed by atoms with Crippen LogP contribution in [0.25, 0.3) is 0 Å². The summed E-state index contributed by atoms with van der Waals surface area (Å²) in [6.45, 7) is 0. The molecule has 0 fully saturated rings. The van der Waals surface area contributed by atoms with Gasteiger partial charge in [-0.3, -0.25) is 9.59 Å². The van der Waals surface area contributed by atoms with Gasteiger partial charge in [-0.1, -0.05) is 18.2 Å². The zero-order valence-electron chi connectivity index (χ0n) is 12.9. The Morgan fingerprint density at radius 2 is 1.88 bits per heavy atom. The van der Waals surface area contributed by atoms with Gasteiger partial charge in [-0.05, 0) is 29.8 Å². The first kappa shape index (κ1) is 17.4. The summed E-state index contributed by atoms with van der Waals surface area (Å²) in [5.41, 5.74) is 5.89. The van der Waals surface area contributed by atoms with Crippen molar-refractivity contribution in [1.82, 2.24) is 5.32 Å². The van der Waals surface area contributed by atoms with Crippen LogP contribution in [-0.4, -0.2) is 25.0 Å². The zero-order valence-corrected chi connectivity index (χ0v) is 12.9. The fourth-order valence-electron chi connectivity index (χ4n) is 2.19. The van der Waals surface area contributed by atoms with Gasteiger partial charge >= 0.3 is 0 Å². The summed E-state index contributed by atoms with van der Waals surface area (Å²) in [6, 6.07) is 8.66. The van der Waals surface area contributed by atoms with Crippen molar-refractivity contribution in [3.63, 3.8) is 0 Å². The van der Waals surface area contributed by atoms with Crippen molar-refractivity contribution in [3.05, 3.63) is 65.2 Å². The fourth-order valence-corrected chi connectivity index (χ4v) is 2.19. The molecule has 2 aromatic rings. The summed E-state index contributed by atoms with van der Waals surface area (Å²) >= 11 is 0. The van der Waals surface area contributed by atoms with Crippen LogP contribution in [0.15, 0.2) is 42.5 Å². The van der Waals surface area contributed by atoms with Crippen LogP contribution in [0, 0.1) is 11.6 Å². The van der Waals surface area contributed by atoms with E-state index in [0.29, 0.717) is 11.3 Å². The number of para-hydroxylation sites is 1. The molecule has 0 radical (unpaired) electrons. The molecule has 5 nitrogen and oxygen atoms in total. The number of hydrogen-bond donors (Lipinski definition) is 2. The molecule has 0 aromatic heterocycles. The molecule has 0 aliphatic heterocycles. The summed E-state index contributed by atoms with van der Waals surface area (Å²) < 4.78 is 31.3. The number of nitrogens with two attached hydrogens (primary N) is 1. The van der Waals surface area contributed by atoms with Crippen LogP contribution < -0.4 is 15.8 Å². The van der Waals surface area contributed by atoms with Crippen LogP contribution in [0.3, 0.4) is 0 Å². The smallest absolute Gasteiger partial charge is 0.252 e. The first-order valence-electron chi connectivity index (χ1n) is 7.09. The van der Waals surface area contributed by atoms with E-state index in [1.54, 1.807) is 24.3 Å². The molecule has 2 amide bonds. The Hall–Kier alpha value is -2.96. The van der Waals surface area contributed by atoms with Gasteiger partial charge in [0.1, 0.15) is 11.8 Å². The summed E-state index contributed by atoms with van der Waals surface area (Å²) in [4.78, 5) is 23.8. The predicted molar refractivity (Wildman–Crippen MR) is 83.5 cm³/mol. The number of ether oxygens (including phenoxy) is 1. The van der Waals surface area contributed by atoms with E-state index in [9.17, 15) is 18.4 Å². The predicted octanol–water partition coefficient (Wildman–Crippen LogP) is 1.80. The molecule has 0 aliphatic carbocycles. The Labute approximate surface area is 137 Å². The second-order valence-corrected chi connectivity index (χ2v) is 5.07. The highest BCUT2D eigenvalue weighted by atomic mass is 19.2. The highest BCUT2D eigenvalue weighted by Crippen LogP contribution is 2.19. The molecule has 0 aliphatic rings. The maximum Gasteiger partial charge on any atom is 0.252 e. The Morgan fingerprint density at radius 1 is 1.17 bits per heavy atom. The lowest BCUT2D eigenvalue weighted by Gasteiger charge is -2.17. The van der Waals surface area contributed by atoms with Crippen LogP contribution in [0.2, 0.25) is 0 Å². The highest BCUT2D eigenvalue weighted by Gasteiger charge is 2.21. The van der Waals surface area contributed by atoms with Gasteiger partial charge in [0.2, 0.25) is 5.91 Å². The van der Waals surface area contributed by atoms with E-state index in [-0.39, 0.29) is 12.0 Å². The maximum atomic E-state index is 13.2. The number of hydrogen-bond acceptors (Lipinski definition) is 3. The van der Waals surface area contributed by atoms with Crippen molar-refractivity contribution in [2.45, 2.75) is 12.5 Å². The second kappa shape index (κ2) is 7.54. The number of primary amides is 1. The van der Waals surface area contributed by atoms with Crippen molar-refractivity contribution in [2.24, 2.45) is 5.73 Å². The number of methoxy groups -OCH3 is 1. The minimum atomic E-state index is -1.15. The van der Waals surface area contributed by atoms with E-state index in [0.717, 1.165) is 18.2 Å². The minimum absolute atomic E-state index is 0.106. The monoisotopic (exact) mass is 334 g/mol.